The van der Waals surface area contributed by atoms with E-state index in [2.05, 4.69) is 106 Å². The lowest BCUT2D eigenvalue weighted by Gasteiger charge is -2.10. The summed E-state index contributed by atoms with van der Waals surface area (Å²) in [5, 5.41) is 10.8. The van der Waals surface area contributed by atoms with Crippen LogP contribution in [0.2, 0.25) is 0 Å². The van der Waals surface area contributed by atoms with Crippen molar-refractivity contribution < 1.29 is 0 Å². The van der Waals surface area contributed by atoms with Crippen molar-refractivity contribution in [3.05, 3.63) is 129 Å². The predicted molar refractivity (Wildman–Crippen MR) is 150 cm³/mol. The van der Waals surface area contributed by atoms with Crippen LogP contribution in [-0.2, 0) is 5.75 Å². The van der Waals surface area contributed by atoms with Gasteiger partial charge in [-0.05, 0) is 60.7 Å². The quantitative estimate of drug-likeness (QED) is 0.253. The monoisotopic (exact) mass is 472 g/mol. The number of aromatic nitrogens is 1. The molecule has 2 nitrogen and oxygen atoms in total. The zero-order valence-electron chi connectivity index (χ0n) is 20.3. The fourth-order valence-corrected chi connectivity index (χ4v) is 4.73. The van der Waals surface area contributed by atoms with Gasteiger partial charge < -0.3 is 0 Å². The van der Waals surface area contributed by atoms with Gasteiger partial charge in [-0.15, -0.1) is 11.8 Å². The second-order valence-corrected chi connectivity index (χ2v) is 9.60. The van der Waals surface area contributed by atoms with Crippen LogP contribution in [0, 0.1) is 32.1 Å². The SMILES string of the molecule is Cc1ccc(/C=C\c2cc(/C=C/c3ccc(C)cc3)nc(SCc3ccccc3C)c2C#N)cc1. The lowest BCUT2D eigenvalue weighted by molar-refractivity contribution is 1.09. The fraction of sp³-hybridized carbons (Fsp3) is 0.125. The Bertz CT molecular complexity index is 1410. The van der Waals surface area contributed by atoms with Gasteiger partial charge in [0.2, 0.25) is 0 Å². The number of rotatable bonds is 7. The highest BCUT2D eigenvalue weighted by molar-refractivity contribution is 7.98. The summed E-state index contributed by atoms with van der Waals surface area (Å²) in [6.07, 6.45) is 8.16. The molecule has 0 aliphatic carbocycles. The molecule has 4 rings (SSSR count). The number of hydrogen-bond donors (Lipinski definition) is 0. The first-order valence-corrected chi connectivity index (χ1v) is 12.6. The van der Waals surface area contributed by atoms with E-state index in [1.165, 1.54) is 22.3 Å². The molecule has 3 heteroatoms. The Kier molecular flexibility index (Phi) is 7.98. The Morgan fingerprint density at radius 3 is 1.97 bits per heavy atom. The van der Waals surface area contributed by atoms with Crippen molar-refractivity contribution in [3.8, 4) is 6.07 Å². The van der Waals surface area contributed by atoms with Crippen molar-refractivity contribution in [2.24, 2.45) is 0 Å². The first-order chi connectivity index (χ1) is 17.0. The lowest BCUT2D eigenvalue weighted by atomic mass is 10.1. The summed E-state index contributed by atoms with van der Waals surface area (Å²) in [6.45, 7) is 6.28. The van der Waals surface area contributed by atoms with Crippen molar-refractivity contribution >= 4 is 36.1 Å². The third kappa shape index (κ3) is 6.59. The molecule has 172 valence electrons. The zero-order chi connectivity index (χ0) is 24.6. The van der Waals surface area contributed by atoms with Crippen molar-refractivity contribution in [1.29, 1.82) is 5.26 Å². The Balaban J connectivity index is 1.70. The molecule has 0 radical (unpaired) electrons. The van der Waals surface area contributed by atoms with Gasteiger partial charge in [0.15, 0.2) is 0 Å². The summed E-state index contributed by atoms with van der Waals surface area (Å²) in [5.41, 5.74) is 9.49. The second kappa shape index (κ2) is 11.5. The topological polar surface area (TPSA) is 36.7 Å². The molecule has 3 aromatic carbocycles. The number of pyridine rings is 1. The highest BCUT2D eigenvalue weighted by Gasteiger charge is 2.12. The molecule has 0 spiro atoms. The Morgan fingerprint density at radius 2 is 1.37 bits per heavy atom. The third-order valence-electron chi connectivity index (χ3n) is 5.83. The predicted octanol–water partition coefficient (Wildman–Crippen LogP) is 8.51. The normalized spacial score (nSPS) is 11.3. The summed E-state index contributed by atoms with van der Waals surface area (Å²) in [5.74, 6) is 0.764. The average Bonchev–Trinajstić information content (AvgIpc) is 2.87. The molecule has 0 amide bonds. The van der Waals surface area contributed by atoms with E-state index in [0.717, 1.165) is 33.2 Å². The van der Waals surface area contributed by atoms with Gasteiger partial charge in [-0.1, -0.05) is 102 Å². The van der Waals surface area contributed by atoms with E-state index in [1.807, 2.05) is 24.3 Å². The number of aryl methyl sites for hydroxylation is 3. The fourth-order valence-electron chi connectivity index (χ4n) is 3.63. The molecular weight excluding hydrogens is 444 g/mol. The lowest BCUT2D eigenvalue weighted by Crippen LogP contribution is -1.96. The molecule has 35 heavy (non-hydrogen) atoms. The summed E-state index contributed by atoms with van der Waals surface area (Å²) in [6, 6.07) is 29.5. The molecule has 0 unspecified atom stereocenters. The maximum atomic E-state index is 10.1. The van der Waals surface area contributed by atoms with E-state index in [1.54, 1.807) is 11.8 Å². The van der Waals surface area contributed by atoms with Crippen LogP contribution in [0.4, 0.5) is 0 Å². The van der Waals surface area contributed by atoms with Crippen molar-refractivity contribution in [1.82, 2.24) is 4.98 Å². The van der Waals surface area contributed by atoms with Crippen LogP contribution in [-0.4, -0.2) is 4.98 Å². The molecule has 4 aromatic rings. The molecule has 0 bridgehead atoms. The first-order valence-electron chi connectivity index (χ1n) is 11.6. The van der Waals surface area contributed by atoms with Gasteiger partial charge in [-0.3, -0.25) is 0 Å². The molecule has 1 aromatic heterocycles. The van der Waals surface area contributed by atoms with E-state index in [4.69, 9.17) is 4.98 Å². The third-order valence-corrected chi connectivity index (χ3v) is 6.85. The van der Waals surface area contributed by atoms with Gasteiger partial charge in [0.1, 0.15) is 11.1 Å². The highest BCUT2D eigenvalue weighted by Crippen LogP contribution is 2.29. The van der Waals surface area contributed by atoms with Crippen LogP contribution in [0.15, 0.2) is 83.9 Å². The Labute approximate surface area is 212 Å². The van der Waals surface area contributed by atoms with Gasteiger partial charge >= 0.3 is 0 Å². The minimum Gasteiger partial charge on any atom is -0.241 e. The van der Waals surface area contributed by atoms with Crippen LogP contribution in [0.25, 0.3) is 24.3 Å². The van der Waals surface area contributed by atoms with E-state index in [9.17, 15) is 5.26 Å². The molecule has 0 atom stereocenters. The summed E-state index contributed by atoms with van der Waals surface area (Å²) in [7, 11) is 0. The van der Waals surface area contributed by atoms with Crippen molar-refractivity contribution in [3.63, 3.8) is 0 Å². The highest BCUT2D eigenvalue weighted by atomic mass is 32.2. The van der Waals surface area contributed by atoms with Crippen molar-refractivity contribution in [2.75, 3.05) is 0 Å². The van der Waals surface area contributed by atoms with Gasteiger partial charge in [0.25, 0.3) is 0 Å². The molecule has 0 fully saturated rings. The number of hydrogen-bond acceptors (Lipinski definition) is 3. The van der Waals surface area contributed by atoms with E-state index >= 15 is 0 Å². The van der Waals surface area contributed by atoms with Crippen LogP contribution < -0.4 is 0 Å². The number of nitrogens with zero attached hydrogens (tertiary/aromatic N) is 2. The second-order valence-electron chi connectivity index (χ2n) is 8.63. The Morgan fingerprint density at radius 1 is 0.771 bits per heavy atom. The van der Waals surface area contributed by atoms with E-state index < -0.39 is 0 Å². The molecule has 0 saturated heterocycles. The van der Waals surface area contributed by atoms with Gasteiger partial charge in [0.05, 0.1) is 11.3 Å². The molecule has 0 N–H and O–H groups in total. The van der Waals surface area contributed by atoms with E-state index in [0.29, 0.717) is 5.56 Å². The van der Waals surface area contributed by atoms with Crippen LogP contribution >= 0.6 is 11.8 Å². The van der Waals surface area contributed by atoms with Gasteiger partial charge in [0, 0.05) is 5.75 Å². The van der Waals surface area contributed by atoms with Crippen molar-refractivity contribution in [2.45, 2.75) is 31.6 Å². The largest absolute Gasteiger partial charge is 0.241 e. The maximum absolute atomic E-state index is 10.1. The molecule has 1 heterocycles. The van der Waals surface area contributed by atoms with Crippen LogP contribution in [0.1, 0.15) is 50.2 Å². The summed E-state index contributed by atoms with van der Waals surface area (Å²) >= 11 is 1.61. The minimum atomic E-state index is 0.611. The molecule has 0 aliphatic heterocycles. The summed E-state index contributed by atoms with van der Waals surface area (Å²) in [4.78, 5) is 4.87. The summed E-state index contributed by atoms with van der Waals surface area (Å²) < 4.78 is 0. The van der Waals surface area contributed by atoms with Gasteiger partial charge in [-0.25, -0.2) is 4.98 Å². The average molecular weight is 473 g/mol. The zero-order valence-corrected chi connectivity index (χ0v) is 21.1. The number of thioether (sulfide) groups is 1. The molecule has 0 aliphatic rings. The minimum absolute atomic E-state index is 0.611. The smallest absolute Gasteiger partial charge is 0.115 e. The maximum Gasteiger partial charge on any atom is 0.115 e. The number of benzene rings is 3. The first kappa shape index (κ1) is 24.3. The number of nitriles is 1. The van der Waals surface area contributed by atoms with Crippen LogP contribution in [0.5, 0.6) is 0 Å². The molecular formula is C32H28N2S. The molecule has 0 saturated carbocycles. The standard InChI is InChI=1S/C32H28N2S/c1-23-8-12-26(13-9-23)16-18-28-20-30(19-17-27-14-10-24(2)11-15-27)34-32(31(28)21-33)35-22-29-7-5-4-6-25(29)3/h4-20H,22H2,1-3H3/b18-16-,19-17+. The Hall–Kier alpha value is -3.87. The van der Waals surface area contributed by atoms with Gasteiger partial charge in [-0.2, -0.15) is 5.26 Å². The van der Waals surface area contributed by atoms with E-state index in [-0.39, 0.29) is 0 Å². The van der Waals surface area contributed by atoms with Crippen LogP contribution in [0.3, 0.4) is 0 Å².